The zero-order chi connectivity index (χ0) is 21.6. The highest BCUT2D eigenvalue weighted by molar-refractivity contribution is 5.89. The third-order valence-corrected chi connectivity index (χ3v) is 7.15. The predicted octanol–water partition coefficient (Wildman–Crippen LogP) is 4.60. The molecule has 6 nitrogen and oxygen atoms in total. The standard InChI is InChI=1S/C24H29FN4O2/c1-16-5-6-17(14-19(16)25)26-23(30)28-12-9-24(10-13-28)22-4-3-11-29(22)21-8-7-18(31-2)15-20(21)27-24/h5-8,14-15,22,27H,3-4,9-13H2,1-2H3,(H,26,30). The van der Waals surface area contributed by atoms with Crippen LogP contribution in [0.4, 0.5) is 26.2 Å². The van der Waals surface area contributed by atoms with E-state index in [4.69, 9.17) is 4.74 Å². The highest BCUT2D eigenvalue weighted by Gasteiger charge is 2.50. The summed E-state index contributed by atoms with van der Waals surface area (Å²) in [4.78, 5) is 17.2. The zero-order valence-electron chi connectivity index (χ0n) is 18.1. The Kier molecular flexibility index (Phi) is 4.91. The predicted molar refractivity (Wildman–Crippen MR) is 121 cm³/mol. The lowest BCUT2D eigenvalue weighted by atomic mass is 9.77. The molecule has 3 aliphatic rings. The minimum Gasteiger partial charge on any atom is -0.497 e. The second-order valence-corrected chi connectivity index (χ2v) is 8.90. The van der Waals surface area contributed by atoms with Gasteiger partial charge in [0.25, 0.3) is 0 Å². The number of methoxy groups -OCH3 is 1. The number of halogens is 1. The lowest BCUT2D eigenvalue weighted by Gasteiger charge is -2.53. The summed E-state index contributed by atoms with van der Waals surface area (Å²) in [6.45, 7) is 4.10. The number of hydrogen-bond donors (Lipinski definition) is 2. The van der Waals surface area contributed by atoms with Crippen molar-refractivity contribution < 1.29 is 13.9 Å². The first-order valence-electron chi connectivity index (χ1n) is 11.0. The van der Waals surface area contributed by atoms with Crippen LogP contribution < -0.4 is 20.3 Å². The van der Waals surface area contributed by atoms with Gasteiger partial charge in [0.2, 0.25) is 0 Å². The van der Waals surface area contributed by atoms with E-state index in [1.807, 2.05) is 11.0 Å². The molecule has 1 spiro atoms. The molecular formula is C24H29FN4O2. The third kappa shape index (κ3) is 3.46. The largest absolute Gasteiger partial charge is 0.497 e. The molecule has 0 bridgehead atoms. The van der Waals surface area contributed by atoms with Crippen molar-refractivity contribution in [2.45, 2.75) is 44.2 Å². The number of amides is 2. The fourth-order valence-corrected chi connectivity index (χ4v) is 5.41. The second kappa shape index (κ2) is 7.62. The first-order valence-corrected chi connectivity index (χ1v) is 11.0. The number of hydrogen-bond acceptors (Lipinski definition) is 4. The third-order valence-electron chi connectivity index (χ3n) is 7.15. The number of piperidine rings is 1. The molecule has 31 heavy (non-hydrogen) atoms. The highest BCUT2D eigenvalue weighted by atomic mass is 19.1. The maximum Gasteiger partial charge on any atom is 0.321 e. The molecule has 2 saturated heterocycles. The van der Waals surface area contributed by atoms with Gasteiger partial charge in [0, 0.05) is 31.4 Å². The van der Waals surface area contributed by atoms with E-state index < -0.39 is 0 Å². The van der Waals surface area contributed by atoms with Crippen molar-refractivity contribution >= 4 is 23.1 Å². The molecule has 2 amide bonds. The van der Waals surface area contributed by atoms with Crippen LogP contribution in [0.25, 0.3) is 0 Å². The molecule has 1 unspecified atom stereocenters. The van der Waals surface area contributed by atoms with Crippen LogP contribution in [0, 0.1) is 12.7 Å². The van der Waals surface area contributed by atoms with Crippen molar-refractivity contribution in [1.29, 1.82) is 0 Å². The van der Waals surface area contributed by atoms with Gasteiger partial charge in [-0.15, -0.1) is 0 Å². The molecule has 5 rings (SSSR count). The Morgan fingerprint density at radius 3 is 2.74 bits per heavy atom. The molecule has 0 radical (unpaired) electrons. The molecule has 3 heterocycles. The molecule has 0 saturated carbocycles. The summed E-state index contributed by atoms with van der Waals surface area (Å²) in [5.74, 6) is 0.540. The van der Waals surface area contributed by atoms with Crippen molar-refractivity contribution in [2.75, 3.05) is 42.3 Å². The summed E-state index contributed by atoms with van der Waals surface area (Å²) in [6.07, 6.45) is 4.09. The van der Waals surface area contributed by atoms with Crippen molar-refractivity contribution in [3.63, 3.8) is 0 Å². The quantitative estimate of drug-likeness (QED) is 0.740. The van der Waals surface area contributed by atoms with Gasteiger partial charge in [-0.05, 0) is 62.4 Å². The van der Waals surface area contributed by atoms with E-state index in [0.29, 0.717) is 30.4 Å². The summed E-state index contributed by atoms with van der Waals surface area (Å²) in [5.41, 5.74) is 3.37. The Balaban J connectivity index is 1.31. The average molecular weight is 425 g/mol. The number of ether oxygens (including phenoxy) is 1. The van der Waals surface area contributed by atoms with Crippen molar-refractivity contribution in [1.82, 2.24) is 4.90 Å². The van der Waals surface area contributed by atoms with E-state index in [0.717, 1.165) is 37.2 Å². The van der Waals surface area contributed by atoms with Crippen LogP contribution in [0.2, 0.25) is 0 Å². The Morgan fingerprint density at radius 1 is 1.19 bits per heavy atom. The maximum absolute atomic E-state index is 13.8. The van der Waals surface area contributed by atoms with Gasteiger partial charge in [0.15, 0.2) is 0 Å². The average Bonchev–Trinajstić information content (AvgIpc) is 3.28. The van der Waals surface area contributed by atoms with Gasteiger partial charge in [-0.2, -0.15) is 0 Å². The molecule has 164 valence electrons. The van der Waals surface area contributed by atoms with Crippen LogP contribution in [0.5, 0.6) is 5.75 Å². The van der Waals surface area contributed by atoms with E-state index in [1.165, 1.54) is 18.2 Å². The van der Waals surface area contributed by atoms with Crippen molar-refractivity contribution in [3.8, 4) is 5.75 Å². The Morgan fingerprint density at radius 2 is 2.00 bits per heavy atom. The Bertz CT molecular complexity index is 1000. The topological polar surface area (TPSA) is 56.8 Å². The number of nitrogens with one attached hydrogen (secondary N) is 2. The van der Waals surface area contributed by atoms with Gasteiger partial charge in [0.1, 0.15) is 11.6 Å². The first kappa shape index (κ1) is 20.0. The van der Waals surface area contributed by atoms with Crippen LogP contribution in [0.15, 0.2) is 36.4 Å². The van der Waals surface area contributed by atoms with Crippen LogP contribution in [-0.2, 0) is 0 Å². The second-order valence-electron chi connectivity index (χ2n) is 8.90. The van der Waals surface area contributed by atoms with Gasteiger partial charge in [-0.1, -0.05) is 6.07 Å². The van der Waals surface area contributed by atoms with Crippen molar-refractivity contribution in [2.24, 2.45) is 0 Å². The molecule has 7 heteroatoms. The van der Waals surface area contributed by atoms with Crippen LogP contribution in [0.1, 0.15) is 31.2 Å². The number of urea groups is 1. The van der Waals surface area contributed by atoms with E-state index in [1.54, 1.807) is 26.2 Å². The smallest absolute Gasteiger partial charge is 0.321 e. The fourth-order valence-electron chi connectivity index (χ4n) is 5.41. The number of anilines is 3. The monoisotopic (exact) mass is 424 g/mol. The van der Waals surface area contributed by atoms with Gasteiger partial charge in [-0.25, -0.2) is 9.18 Å². The summed E-state index contributed by atoms with van der Waals surface area (Å²) in [6, 6.07) is 11.3. The van der Waals surface area contributed by atoms with Crippen LogP contribution >= 0.6 is 0 Å². The van der Waals surface area contributed by atoms with Gasteiger partial charge < -0.3 is 25.2 Å². The Labute approximate surface area is 182 Å². The minimum atomic E-state index is -0.308. The number of fused-ring (bicyclic) bond motifs is 4. The highest BCUT2D eigenvalue weighted by Crippen LogP contribution is 2.47. The summed E-state index contributed by atoms with van der Waals surface area (Å²) in [5, 5.41) is 6.70. The molecular weight excluding hydrogens is 395 g/mol. The first-order chi connectivity index (χ1) is 15.0. The summed E-state index contributed by atoms with van der Waals surface area (Å²) in [7, 11) is 1.69. The van der Waals surface area contributed by atoms with Gasteiger partial charge in [0.05, 0.1) is 30.1 Å². The van der Waals surface area contributed by atoms with Crippen LogP contribution in [-0.4, -0.2) is 49.3 Å². The molecule has 3 aliphatic heterocycles. The normalized spacial score (nSPS) is 21.3. The van der Waals surface area contributed by atoms with E-state index >= 15 is 0 Å². The van der Waals surface area contributed by atoms with Gasteiger partial charge >= 0.3 is 6.03 Å². The number of aryl methyl sites for hydroxylation is 1. The number of benzene rings is 2. The molecule has 2 aromatic rings. The van der Waals surface area contributed by atoms with E-state index in [2.05, 4.69) is 27.7 Å². The molecule has 2 N–H and O–H groups in total. The summed E-state index contributed by atoms with van der Waals surface area (Å²) < 4.78 is 19.3. The SMILES string of the molecule is COc1ccc2c(c1)NC1(CCN(C(=O)Nc3ccc(C)c(F)c3)CC1)C1CCCN21. The minimum absolute atomic E-state index is 0.0530. The molecule has 2 aromatic carbocycles. The lowest BCUT2D eigenvalue weighted by molar-refractivity contribution is 0.164. The lowest BCUT2D eigenvalue weighted by Crippen LogP contribution is -2.63. The number of likely N-dealkylation sites (tertiary alicyclic amines) is 1. The number of rotatable bonds is 2. The zero-order valence-corrected chi connectivity index (χ0v) is 18.1. The number of nitrogens with zero attached hydrogens (tertiary/aromatic N) is 2. The Hall–Kier alpha value is -2.96. The van der Waals surface area contributed by atoms with Crippen LogP contribution in [0.3, 0.4) is 0 Å². The van der Waals surface area contributed by atoms with E-state index in [9.17, 15) is 9.18 Å². The molecule has 0 aliphatic carbocycles. The summed E-state index contributed by atoms with van der Waals surface area (Å²) >= 11 is 0. The van der Waals surface area contributed by atoms with Crippen molar-refractivity contribution in [3.05, 3.63) is 47.8 Å². The molecule has 0 aromatic heterocycles. The molecule has 1 atom stereocenters. The maximum atomic E-state index is 13.8. The van der Waals surface area contributed by atoms with Gasteiger partial charge in [-0.3, -0.25) is 0 Å². The number of carbonyl (C=O) groups excluding carboxylic acids is 1. The molecule has 2 fully saturated rings. The van der Waals surface area contributed by atoms with E-state index in [-0.39, 0.29) is 17.4 Å². The fraction of sp³-hybridized carbons (Fsp3) is 0.458. The number of carbonyl (C=O) groups is 1.